The van der Waals surface area contributed by atoms with E-state index in [9.17, 15) is 5.11 Å². The van der Waals surface area contributed by atoms with E-state index in [2.05, 4.69) is 50.0 Å². The summed E-state index contributed by atoms with van der Waals surface area (Å²) in [7, 11) is 0. The van der Waals surface area contributed by atoms with Crippen LogP contribution in [0.25, 0.3) is 0 Å². The van der Waals surface area contributed by atoms with Gasteiger partial charge in [-0.05, 0) is 105 Å². The third-order valence-electron chi connectivity index (χ3n) is 8.72. The van der Waals surface area contributed by atoms with E-state index in [1.807, 2.05) is 0 Å². The second-order valence-corrected chi connectivity index (χ2v) is 12.5. The van der Waals surface area contributed by atoms with Crippen molar-refractivity contribution in [3.63, 3.8) is 0 Å². The molecule has 3 aliphatic carbocycles. The molecule has 2 unspecified atom stereocenters. The van der Waals surface area contributed by atoms with Crippen LogP contribution < -0.4 is 5.32 Å². The van der Waals surface area contributed by atoms with Gasteiger partial charge < -0.3 is 10.4 Å². The molecule has 0 amide bonds. The van der Waals surface area contributed by atoms with Crippen LogP contribution in [0, 0.1) is 23.7 Å². The zero-order chi connectivity index (χ0) is 24.9. The van der Waals surface area contributed by atoms with Gasteiger partial charge in [-0.25, -0.2) is 0 Å². The van der Waals surface area contributed by atoms with Gasteiger partial charge in [0, 0.05) is 6.42 Å². The second kappa shape index (κ2) is 15.7. The van der Waals surface area contributed by atoms with Gasteiger partial charge >= 0.3 is 0 Å². The minimum atomic E-state index is 0.350. The third-order valence-corrected chi connectivity index (χ3v) is 8.72. The van der Waals surface area contributed by atoms with Crippen LogP contribution in [0.2, 0.25) is 0 Å². The Kier molecular flexibility index (Phi) is 12.7. The van der Waals surface area contributed by atoms with Gasteiger partial charge in [0.2, 0.25) is 0 Å². The van der Waals surface area contributed by atoms with Crippen molar-refractivity contribution in [2.45, 2.75) is 122 Å². The van der Waals surface area contributed by atoms with Crippen molar-refractivity contribution in [1.29, 1.82) is 0 Å². The number of allylic oxidation sites excluding steroid dienone is 1. The largest absolute Gasteiger partial charge is 0.513 e. The van der Waals surface area contributed by atoms with Crippen molar-refractivity contribution < 1.29 is 5.11 Å². The highest BCUT2D eigenvalue weighted by Crippen LogP contribution is 2.38. The zero-order valence-electron chi connectivity index (χ0n) is 23.1. The maximum Gasteiger partial charge on any atom is 0.0853 e. The van der Waals surface area contributed by atoms with Crippen LogP contribution in [-0.2, 0) is 6.42 Å². The molecule has 0 bridgehead atoms. The maximum absolute atomic E-state index is 9.39. The summed E-state index contributed by atoms with van der Waals surface area (Å²) in [5, 5.41) is 13.1. The first-order chi connectivity index (χ1) is 17.0. The summed E-state index contributed by atoms with van der Waals surface area (Å²) in [6.45, 7) is 10.8. The Hall–Kier alpha value is -1.28. The van der Waals surface area contributed by atoms with Crippen LogP contribution in [0.1, 0.15) is 127 Å². The molecular formula is C33H55NO. The fourth-order valence-electron chi connectivity index (χ4n) is 6.78. The molecule has 3 fully saturated rings. The third kappa shape index (κ3) is 11.1. The van der Waals surface area contributed by atoms with Crippen LogP contribution in [0.4, 0.5) is 0 Å². The van der Waals surface area contributed by atoms with E-state index in [1.165, 1.54) is 114 Å². The zero-order valence-corrected chi connectivity index (χ0v) is 23.1. The van der Waals surface area contributed by atoms with Crippen molar-refractivity contribution in [2.75, 3.05) is 13.1 Å². The van der Waals surface area contributed by atoms with Gasteiger partial charge in [0.05, 0.1) is 5.76 Å². The van der Waals surface area contributed by atoms with Crippen molar-refractivity contribution in [2.24, 2.45) is 23.7 Å². The number of rotatable bonds is 9. The van der Waals surface area contributed by atoms with Crippen LogP contribution >= 0.6 is 0 Å². The first kappa shape index (κ1) is 28.3. The normalized spacial score (nSPS) is 24.1. The molecule has 198 valence electrons. The summed E-state index contributed by atoms with van der Waals surface area (Å²) < 4.78 is 0. The summed E-state index contributed by atoms with van der Waals surface area (Å²) in [6.07, 6.45) is 21.8. The van der Waals surface area contributed by atoms with E-state index < -0.39 is 0 Å². The Bertz CT molecular complexity index is 678. The second-order valence-electron chi connectivity index (χ2n) is 12.5. The molecular weight excluding hydrogens is 426 g/mol. The van der Waals surface area contributed by atoms with Crippen LogP contribution in [-0.4, -0.2) is 18.2 Å². The molecule has 1 aromatic rings. The number of nitrogens with one attached hydrogen (secondary N) is 1. The van der Waals surface area contributed by atoms with Gasteiger partial charge in [-0.15, -0.1) is 0 Å². The summed E-state index contributed by atoms with van der Waals surface area (Å²) in [5.74, 6) is 4.35. The lowest BCUT2D eigenvalue weighted by Gasteiger charge is -2.29. The van der Waals surface area contributed by atoms with Crippen molar-refractivity contribution in [1.82, 2.24) is 5.32 Å². The standard InChI is InChI=1S/C19H28O.C14H27N/c1-14(2)11-16-7-9-18(10-8-16)19-6-4-5-17(13-19)12-15(3)20;1-3-7-13(8-4-1)11-15-12-14-9-5-2-6-10-14/h7-10,14,17,19-20H,3-6,11-13H2,1-2H3;13-15H,1-12H2. The molecule has 4 rings (SSSR count). The molecule has 2 atom stereocenters. The lowest BCUT2D eigenvalue weighted by Crippen LogP contribution is -2.30. The molecule has 2 N–H and O–H groups in total. The Balaban J connectivity index is 0.000000203. The van der Waals surface area contributed by atoms with E-state index >= 15 is 0 Å². The predicted molar refractivity (Wildman–Crippen MR) is 152 cm³/mol. The molecule has 0 aromatic heterocycles. The molecule has 0 radical (unpaired) electrons. The van der Waals surface area contributed by atoms with E-state index in [4.69, 9.17) is 0 Å². The van der Waals surface area contributed by atoms with Gasteiger partial charge in [-0.2, -0.15) is 0 Å². The molecule has 3 saturated carbocycles. The van der Waals surface area contributed by atoms with Gasteiger partial charge in [0.25, 0.3) is 0 Å². The Morgan fingerprint density at radius 2 is 1.34 bits per heavy atom. The Morgan fingerprint density at radius 3 is 1.86 bits per heavy atom. The van der Waals surface area contributed by atoms with Gasteiger partial charge in [-0.1, -0.05) is 89.6 Å². The number of aliphatic hydroxyl groups is 1. The molecule has 0 spiro atoms. The summed E-state index contributed by atoms with van der Waals surface area (Å²) in [5.41, 5.74) is 2.92. The fraction of sp³-hybridized carbons (Fsp3) is 0.758. The van der Waals surface area contributed by atoms with Crippen LogP contribution in [0.3, 0.4) is 0 Å². The summed E-state index contributed by atoms with van der Waals surface area (Å²) in [6, 6.07) is 9.23. The van der Waals surface area contributed by atoms with Crippen molar-refractivity contribution >= 4 is 0 Å². The minimum Gasteiger partial charge on any atom is -0.513 e. The predicted octanol–water partition coefficient (Wildman–Crippen LogP) is 9.36. The van der Waals surface area contributed by atoms with Crippen LogP contribution in [0.15, 0.2) is 36.6 Å². The van der Waals surface area contributed by atoms with Crippen LogP contribution in [0.5, 0.6) is 0 Å². The maximum atomic E-state index is 9.39. The molecule has 0 saturated heterocycles. The highest BCUT2D eigenvalue weighted by molar-refractivity contribution is 5.26. The molecule has 3 aliphatic rings. The number of hydrogen-bond acceptors (Lipinski definition) is 2. The lowest BCUT2D eigenvalue weighted by molar-refractivity contribution is 0.278. The van der Waals surface area contributed by atoms with Crippen molar-refractivity contribution in [3.05, 3.63) is 47.7 Å². The van der Waals surface area contributed by atoms with E-state index in [0.717, 1.165) is 30.6 Å². The topological polar surface area (TPSA) is 32.3 Å². The van der Waals surface area contributed by atoms with Gasteiger partial charge in [0.1, 0.15) is 0 Å². The summed E-state index contributed by atoms with van der Waals surface area (Å²) in [4.78, 5) is 0. The highest BCUT2D eigenvalue weighted by atomic mass is 16.3. The number of benzene rings is 1. The van der Waals surface area contributed by atoms with Gasteiger partial charge in [-0.3, -0.25) is 0 Å². The summed E-state index contributed by atoms with van der Waals surface area (Å²) >= 11 is 0. The molecule has 1 aromatic carbocycles. The van der Waals surface area contributed by atoms with Crippen molar-refractivity contribution in [3.8, 4) is 0 Å². The molecule has 2 nitrogen and oxygen atoms in total. The Morgan fingerprint density at radius 1 is 0.800 bits per heavy atom. The molecule has 2 heteroatoms. The first-order valence-corrected chi connectivity index (χ1v) is 15.2. The number of aliphatic hydroxyl groups excluding tert-OH is 1. The monoisotopic (exact) mass is 481 g/mol. The molecule has 35 heavy (non-hydrogen) atoms. The average molecular weight is 482 g/mol. The quantitative estimate of drug-likeness (QED) is 0.344. The lowest BCUT2D eigenvalue weighted by atomic mass is 9.76. The smallest absolute Gasteiger partial charge is 0.0853 e. The average Bonchev–Trinajstić information content (AvgIpc) is 2.86. The van der Waals surface area contributed by atoms with E-state index in [-0.39, 0.29) is 0 Å². The van der Waals surface area contributed by atoms with E-state index in [0.29, 0.717) is 17.6 Å². The number of hydrogen-bond donors (Lipinski definition) is 2. The SMILES string of the molecule is C1CCC(CNCC2CCCCC2)CC1.C=C(O)CC1CCCC(c2ccc(CC(C)C)cc2)C1. The Labute approximate surface area is 217 Å². The first-order valence-electron chi connectivity index (χ1n) is 15.2. The fourth-order valence-corrected chi connectivity index (χ4v) is 6.78. The molecule has 0 aliphatic heterocycles. The highest BCUT2D eigenvalue weighted by Gasteiger charge is 2.23. The minimum absolute atomic E-state index is 0.350. The van der Waals surface area contributed by atoms with E-state index in [1.54, 1.807) is 0 Å². The van der Waals surface area contributed by atoms with Gasteiger partial charge in [0.15, 0.2) is 0 Å². The molecule has 0 heterocycles.